The predicted molar refractivity (Wildman–Crippen MR) is 167 cm³/mol. The molecule has 7 rings (SSSR count). The first-order chi connectivity index (χ1) is 22.4. The first kappa shape index (κ1) is 31.0. The molecule has 0 radical (unpaired) electrons. The van der Waals surface area contributed by atoms with Crippen molar-refractivity contribution in [2.45, 2.75) is 57.3 Å². The third-order valence-corrected chi connectivity index (χ3v) is 9.03. The molecule has 47 heavy (non-hydrogen) atoms. The molecule has 3 aliphatic rings. The molecule has 0 N–H and O–H groups in total. The Bertz CT molecular complexity index is 2000. The molecule has 1 amide bonds. The normalized spacial score (nSPS) is 19.4. The summed E-state index contributed by atoms with van der Waals surface area (Å²) in [5, 5.41) is 17.1. The smallest absolute Gasteiger partial charge is 0.410 e. The molecule has 3 aromatic carbocycles. The number of hydrogen-bond acceptors (Lipinski definition) is 8. The largest absolute Gasteiger partial charge is 0.480 e. The Labute approximate surface area is 278 Å². The number of amides is 1. The van der Waals surface area contributed by atoms with Crippen LogP contribution >= 0.6 is 23.2 Å². The van der Waals surface area contributed by atoms with Crippen molar-refractivity contribution in [1.82, 2.24) is 15.1 Å². The number of rotatable bonds is 3. The van der Waals surface area contributed by atoms with Crippen LogP contribution in [0.2, 0.25) is 10.2 Å². The molecule has 4 heterocycles. The van der Waals surface area contributed by atoms with Crippen LogP contribution < -0.4 is 14.2 Å². The summed E-state index contributed by atoms with van der Waals surface area (Å²) >= 11 is 12.8. The SMILES string of the molecule is CC(C)(C)OC(=O)N1CCC[C@H]1[C@@]1(c2ccccc2)Cc2c(cc(F)c(Cl)c2-c2c(C#N)cc3c(c2F)Oc2c(cnnc2Cl)O3)O1. The van der Waals surface area contributed by atoms with Crippen LogP contribution in [0.5, 0.6) is 28.7 Å². The van der Waals surface area contributed by atoms with Crippen LogP contribution in [0.15, 0.2) is 48.7 Å². The number of nitriles is 1. The van der Waals surface area contributed by atoms with Gasteiger partial charge in [-0.2, -0.15) is 10.4 Å². The number of ether oxygens (including phenoxy) is 4. The number of likely N-dealkylation sites (tertiary alicyclic amines) is 1. The molecule has 1 saturated heterocycles. The van der Waals surface area contributed by atoms with Gasteiger partial charge in [0, 0.05) is 41.8 Å². The van der Waals surface area contributed by atoms with E-state index >= 15 is 8.78 Å². The van der Waals surface area contributed by atoms with Crippen LogP contribution in [0.1, 0.15) is 50.3 Å². The van der Waals surface area contributed by atoms with Gasteiger partial charge in [-0.1, -0.05) is 53.5 Å². The number of aromatic nitrogens is 2. The van der Waals surface area contributed by atoms with Crippen LogP contribution in [-0.2, 0) is 16.8 Å². The van der Waals surface area contributed by atoms with Crippen molar-refractivity contribution in [2.24, 2.45) is 0 Å². The molecule has 3 aliphatic heterocycles. The van der Waals surface area contributed by atoms with Gasteiger partial charge in [0.15, 0.2) is 28.1 Å². The Kier molecular flexibility index (Phi) is 7.41. The van der Waals surface area contributed by atoms with E-state index in [4.69, 9.17) is 42.1 Å². The van der Waals surface area contributed by atoms with Crippen molar-refractivity contribution in [1.29, 1.82) is 5.26 Å². The molecule has 240 valence electrons. The lowest BCUT2D eigenvalue weighted by atomic mass is 9.79. The van der Waals surface area contributed by atoms with Crippen LogP contribution in [0.4, 0.5) is 13.6 Å². The average Bonchev–Trinajstić information content (AvgIpc) is 3.68. The maximum absolute atomic E-state index is 16.7. The van der Waals surface area contributed by atoms with Crippen LogP contribution in [-0.4, -0.2) is 39.4 Å². The lowest BCUT2D eigenvalue weighted by molar-refractivity contribution is -0.0216. The fourth-order valence-corrected chi connectivity index (χ4v) is 6.99. The van der Waals surface area contributed by atoms with Gasteiger partial charge in [-0.3, -0.25) is 0 Å². The minimum Gasteiger partial charge on any atom is -0.480 e. The van der Waals surface area contributed by atoms with Gasteiger partial charge in [-0.05, 0) is 39.2 Å². The Hall–Kier alpha value is -4.66. The Morgan fingerprint density at radius 3 is 2.57 bits per heavy atom. The number of carbonyl (C=O) groups excluding carboxylic acids is 1. The summed E-state index contributed by atoms with van der Waals surface area (Å²) in [4.78, 5) is 15.1. The monoisotopic (exact) mass is 678 g/mol. The number of halogens is 4. The van der Waals surface area contributed by atoms with Gasteiger partial charge >= 0.3 is 6.09 Å². The summed E-state index contributed by atoms with van der Waals surface area (Å²) in [5.41, 5.74) is -1.47. The minimum absolute atomic E-state index is 0.0641. The lowest BCUT2D eigenvalue weighted by Gasteiger charge is -2.40. The maximum Gasteiger partial charge on any atom is 0.410 e. The first-order valence-corrected chi connectivity index (χ1v) is 15.6. The Morgan fingerprint density at radius 1 is 1.09 bits per heavy atom. The van der Waals surface area contributed by atoms with Crippen molar-refractivity contribution in [3.63, 3.8) is 0 Å². The molecule has 1 aromatic heterocycles. The number of benzene rings is 3. The summed E-state index contributed by atoms with van der Waals surface area (Å²) in [7, 11) is 0. The van der Waals surface area contributed by atoms with E-state index in [0.717, 1.165) is 11.6 Å². The standard InChI is InChI=1S/C34H26Cl2F2N4O5/c1-33(2,3)47-32(43)42-11-7-10-24(42)34(18-8-5-4-6-9-18)14-19-21(46-34)13-20(37)27(35)26(19)25-17(15-39)12-22-29(28(25)38)45-30-23(44-22)16-40-41-31(30)36/h4-6,8-9,12-13,16,24H,7,10-11,14H2,1-3H3/t24-,34-/m0/s1. The average molecular weight is 680 g/mol. The number of fused-ring (bicyclic) bond motifs is 3. The van der Waals surface area contributed by atoms with Crippen molar-refractivity contribution in [3.05, 3.63) is 87.2 Å². The Balaban J connectivity index is 1.40. The highest BCUT2D eigenvalue weighted by Gasteiger charge is 2.54. The van der Waals surface area contributed by atoms with Gasteiger partial charge in [0.2, 0.25) is 11.5 Å². The molecular formula is C34H26Cl2F2N4O5. The fourth-order valence-electron chi connectivity index (χ4n) is 6.55. The van der Waals surface area contributed by atoms with Gasteiger partial charge in [-0.25, -0.2) is 13.6 Å². The van der Waals surface area contributed by atoms with Crippen LogP contribution in [0.3, 0.4) is 0 Å². The zero-order valence-electron chi connectivity index (χ0n) is 25.4. The van der Waals surface area contributed by atoms with Gasteiger partial charge < -0.3 is 23.8 Å². The molecule has 0 unspecified atom stereocenters. The van der Waals surface area contributed by atoms with E-state index in [9.17, 15) is 10.1 Å². The van der Waals surface area contributed by atoms with Crippen molar-refractivity contribution in [2.75, 3.05) is 6.54 Å². The van der Waals surface area contributed by atoms with Crippen LogP contribution in [0.25, 0.3) is 11.1 Å². The highest BCUT2D eigenvalue weighted by Crippen LogP contribution is 2.56. The first-order valence-electron chi connectivity index (χ1n) is 14.8. The molecular weight excluding hydrogens is 653 g/mol. The van der Waals surface area contributed by atoms with Crippen molar-refractivity contribution in [3.8, 4) is 45.9 Å². The lowest BCUT2D eigenvalue weighted by Crippen LogP contribution is -2.53. The molecule has 0 bridgehead atoms. The zero-order chi connectivity index (χ0) is 33.2. The summed E-state index contributed by atoms with van der Waals surface area (Å²) in [5.74, 6) is -2.32. The highest BCUT2D eigenvalue weighted by molar-refractivity contribution is 6.34. The topological polar surface area (TPSA) is 107 Å². The van der Waals surface area contributed by atoms with Crippen LogP contribution in [0, 0.1) is 23.0 Å². The van der Waals surface area contributed by atoms with E-state index in [1.54, 1.807) is 25.7 Å². The molecule has 0 saturated carbocycles. The number of hydrogen-bond donors (Lipinski definition) is 0. The second-order valence-electron chi connectivity index (χ2n) is 12.5. The summed E-state index contributed by atoms with van der Waals surface area (Å²) < 4.78 is 56.4. The van der Waals surface area contributed by atoms with E-state index in [1.165, 1.54) is 12.3 Å². The van der Waals surface area contributed by atoms with Crippen molar-refractivity contribution < 1.29 is 32.5 Å². The van der Waals surface area contributed by atoms with Gasteiger partial charge in [-0.15, -0.1) is 5.10 Å². The second-order valence-corrected chi connectivity index (χ2v) is 13.2. The van der Waals surface area contributed by atoms with Crippen molar-refractivity contribution >= 4 is 29.3 Å². The third-order valence-electron chi connectivity index (χ3n) is 8.41. The van der Waals surface area contributed by atoms with Gasteiger partial charge in [0.05, 0.1) is 22.8 Å². The molecule has 2 atom stereocenters. The molecule has 0 aliphatic carbocycles. The summed E-state index contributed by atoms with van der Waals surface area (Å²) in [6.07, 6.45) is 2.02. The molecule has 0 spiro atoms. The quantitative estimate of drug-likeness (QED) is 0.186. The predicted octanol–water partition coefficient (Wildman–Crippen LogP) is 8.73. The van der Waals surface area contributed by atoms with E-state index < -0.39 is 45.7 Å². The molecule has 13 heteroatoms. The maximum atomic E-state index is 16.7. The molecule has 9 nitrogen and oxygen atoms in total. The van der Waals surface area contributed by atoms with E-state index in [0.29, 0.717) is 24.9 Å². The number of nitrogens with zero attached hydrogens (tertiary/aromatic N) is 4. The number of carbonyl (C=O) groups is 1. The third kappa shape index (κ3) is 5.07. The minimum atomic E-state index is -1.23. The zero-order valence-corrected chi connectivity index (χ0v) is 26.9. The highest BCUT2D eigenvalue weighted by atomic mass is 35.5. The van der Waals surface area contributed by atoms with E-state index in [1.807, 2.05) is 36.4 Å². The fraction of sp³-hybridized carbons (Fsp3) is 0.294. The molecule has 1 fully saturated rings. The summed E-state index contributed by atoms with van der Waals surface area (Å²) in [6, 6.07) is 13.1. The molecule has 4 aromatic rings. The van der Waals surface area contributed by atoms with E-state index in [-0.39, 0.29) is 51.3 Å². The Morgan fingerprint density at radius 2 is 1.85 bits per heavy atom. The summed E-state index contributed by atoms with van der Waals surface area (Å²) in [6.45, 7) is 5.78. The van der Waals surface area contributed by atoms with Gasteiger partial charge in [0.1, 0.15) is 23.2 Å². The second kappa shape index (κ2) is 11.2. The van der Waals surface area contributed by atoms with Gasteiger partial charge in [0.25, 0.3) is 0 Å². The van der Waals surface area contributed by atoms with E-state index in [2.05, 4.69) is 10.2 Å².